The molecule has 1 heterocycles. The van der Waals surface area contributed by atoms with Crippen LogP contribution in [0.2, 0.25) is 0 Å². The predicted molar refractivity (Wildman–Crippen MR) is 83.4 cm³/mol. The van der Waals surface area contributed by atoms with Crippen LogP contribution in [-0.4, -0.2) is 36.4 Å². The van der Waals surface area contributed by atoms with Crippen LogP contribution in [0.15, 0.2) is 35.1 Å². The van der Waals surface area contributed by atoms with Gasteiger partial charge in [-0.1, -0.05) is 12.1 Å². The number of nitrogens with one attached hydrogen (secondary N) is 1. The molecule has 0 aliphatic heterocycles. The molecule has 0 bridgehead atoms. The van der Waals surface area contributed by atoms with Gasteiger partial charge in [-0.05, 0) is 18.2 Å². The number of methoxy groups -OCH3 is 2. The van der Waals surface area contributed by atoms with E-state index >= 15 is 0 Å². The molecule has 116 valence electrons. The zero-order valence-corrected chi connectivity index (χ0v) is 12.5. The predicted octanol–water partition coefficient (Wildman–Crippen LogP) is 0.849. The summed E-state index contributed by atoms with van der Waals surface area (Å²) in [5.41, 5.74) is 6.52. The van der Waals surface area contributed by atoms with Crippen molar-refractivity contribution >= 4 is 5.84 Å². The SMILES string of the molecule is COCCn1nc(-c2cccc(OC)c2)cc(C(=N)N)c1=O. The van der Waals surface area contributed by atoms with Crippen molar-refractivity contribution in [3.63, 3.8) is 0 Å². The molecule has 1 aromatic carbocycles. The van der Waals surface area contributed by atoms with E-state index < -0.39 is 5.56 Å². The van der Waals surface area contributed by atoms with Crippen molar-refractivity contribution in [3.05, 3.63) is 46.2 Å². The van der Waals surface area contributed by atoms with E-state index in [0.29, 0.717) is 18.1 Å². The number of hydrogen-bond acceptors (Lipinski definition) is 5. The smallest absolute Gasteiger partial charge is 0.277 e. The summed E-state index contributed by atoms with van der Waals surface area (Å²) in [5, 5.41) is 11.9. The van der Waals surface area contributed by atoms with Crippen LogP contribution in [0, 0.1) is 5.41 Å². The molecular formula is C15H18N4O3. The molecule has 0 amide bonds. The summed E-state index contributed by atoms with van der Waals surface area (Å²) in [6, 6.07) is 8.81. The van der Waals surface area contributed by atoms with Gasteiger partial charge in [0.15, 0.2) is 0 Å². The molecule has 22 heavy (non-hydrogen) atoms. The average Bonchev–Trinajstić information content (AvgIpc) is 2.53. The lowest BCUT2D eigenvalue weighted by molar-refractivity contribution is 0.182. The Balaban J connectivity index is 2.57. The first-order chi connectivity index (χ1) is 10.6. The number of nitrogens with zero attached hydrogens (tertiary/aromatic N) is 2. The fraction of sp³-hybridized carbons (Fsp3) is 0.267. The van der Waals surface area contributed by atoms with E-state index in [1.54, 1.807) is 20.3 Å². The normalized spacial score (nSPS) is 10.5. The Bertz CT molecular complexity index is 740. The number of ether oxygens (including phenoxy) is 2. The number of hydrogen-bond donors (Lipinski definition) is 2. The summed E-state index contributed by atoms with van der Waals surface area (Å²) in [6.45, 7) is 0.624. The third-order valence-corrected chi connectivity index (χ3v) is 3.14. The molecule has 0 unspecified atom stereocenters. The molecule has 7 heteroatoms. The molecule has 2 aromatic rings. The van der Waals surface area contributed by atoms with E-state index in [-0.39, 0.29) is 17.9 Å². The standard InChI is InChI=1S/C15H18N4O3/c1-21-7-6-19-15(20)12(14(16)17)9-13(18-19)10-4-3-5-11(8-10)22-2/h3-5,8-9H,6-7H2,1-2H3,(H3,16,17). The zero-order chi connectivity index (χ0) is 16.1. The van der Waals surface area contributed by atoms with Gasteiger partial charge in [0.05, 0.1) is 31.5 Å². The summed E-state index contributed by atoms with van der Waals surface area (Å²) in [6.07, 6.45) is 0. The largest absolute Gasteiger partial charge is 0.497 e. The van der Waals surface area contributed by atoms with Crippen LogP contribution in [0.3, 0.4) is 0 Å². The number of aromatic nitrogens is 2. The number of nitrogens with two attached hydrogens (primary N) is 1. The number of rotatable bonds is 6. The molecule has 0 atom stereocenters. The average molecular weight is 302 g/mol. The Morgan fingerprint density at radius 1 is 1.36 bits per heavy atom. The van der Waals surface area contributed by atoms with Crippen molar-refractivity contribution < 1.29 is 9.47 Å². The van der Waals surface area contributed by atoms with Gasteiger partial charge in [0.2, 0.25) is 0 Å². The first kappa shape index (κ1) is 15.7. The van der Waals surface area contributed by atoms with Gasteiger partial charge in [-0.2, -0.15) is 5.10 Å². The first-order valence-corrected chi connectivity index (χ1v) is 6.66. The van der Waals surface area contributed by atoms with Gasteiger partial charge in [-0.15, -0.1) is 0 Å². The van der Waals surface area contributed by atoms with Gasteiger partial charge in [-0.3, -0.25) is 10.2 Å². The quantitative estimate of drug-likeness (QED) is 0.608. The van der Waals surface area contributed by atoms with E-state index in [9.17, 15) is 4.79 Å². The van der Waals surface area contributed by atoms with Gasteiger partial charge >= 0.3 is 0 Å². The van der Waals surface area contributed by atoms with E-state index in [0.717, 1.165) is 5.56 Å². The lowest BCUT2D eigenvalue weighted by atomic mass is 10.1. The highest BCUT2D eigenvalue weighted by atomic mass is 16.5. The van der Waals surface area contributed by atoms with Crippen molar-refractivity contribution in [2.45, 2.75) is 6.54 Å². The van der Waals surface area contributed by atoms with Crippen molar-refractivity contribution in [3.8, 4) is 17.0 Å². The summed E-state index contributed by atoms with van der Waals surface area (Å²) >= 11 is 0. The van der Waals surface area contributed by atoms with E-state index in [1.807, 2.05) is 18.2 Å². The van der Waals surface area contributed by atoms with Crippen LogP contribution in [-0.2, 0) is 11.3 Å². The second-order valence-electron chi connectivity index (χ2n) is 4.61. The van der Waals surface area contributed by atoms with E-state index in [4.69, 9.17) is 20.6 Å². The van der Waals surface area contributed by atoms with Crippen molar-refractivity contribution in [1.82, 2.24) is 9.78 Å². The second kappa shape index (κ2) is 6.86. The lowest BCUT2D eigenvalue weighted by Gasteiger charge is -2.10. The molecule has 7 nitrogen and oxygen atoms in total. The molecule has 2 rings (SSSR count). The fourth-order valence-corrected chi connectivity index (χ4v) is 1.99. The van der Waals surface area contributed by atoms with Crippen molar-refractivity contribution in [2.24, 2.45) is 5.73 Å². The summed E-state index contributed by atoms with van der Waals surface area (Å²) < 4.78 is 11.4. The van der Waals surface area contributed by atoms with E-state index in [2.05, 4.69) is 5.10 Å². The molecule has 0 aliphatic rings. The number of nitrogen functional groups attached to an aromatic ring is 1. The summed E-state index contributed by atoms with van der Waals surface area (Å²) in [4.78, 5) is 12.2. The molecule has 0 saturated heterocycles. The van der Waals surface area contributed by atoms with Gasteiger partial charge in [0.1, 0.15) is 11.6 Å². The van der Waals surface area contributed by atoms with Crippen LogP contribution >= 0.6 is 0 Å². The minimum atomic E-state index is -0.406. The molecule has 0 fully saturated rings. The van der Waals surface area contributed by atoms with E-state index in [1.165, 1.54) is 10.7 Å². The molecule has 0 aliphatic carbocycles. The molecule has 1 aromatic heterocycles. The molecule has 0 spiro atoms. The summed E-state index contributed by atoms with van der Waals surface area (Å²) in [7, 11) is 3.12. The maximum Gasteiger partial charge on any atom is 0.277 e. The lowest BCUT2D eigenvalue weighted by Crippen LogP contribution is -2.32. The Labute approximate surface area is 127 Å². The number of benzene rings is 1. The van der Waals surface area contributed by atoms with Gasteiger partial charge in [-0.25, -0.2) is 4.68 Å². The third kappa shape index (κ3) is 3.32. The number of amidine groups is 1. The van der Waals surface area contributed by atoms with Crippen LogP contribution in [0.4, 0.5) is 0 Å². The maximum atomic E-state index is 12.2. The Hall–Kier alpha value is -2.67. The van der Waals surface area contributed by atoms with Crippen molar-refractivity contribution in [2.75, 3.05) is 20.8 Å². The first-order valence-electron chi connectivity index (χ1n) is 6.66. The minimum absolute atomic E-state index is 0.115. The highest BCUT2D eigenvalue weighted by Gasteiger charge is 2.12. The Kier molecular flexibility index (Phi) is 4.90. The monoisotopic (exact) mass is 302 g/mol. The van der Waals surface area contributed by atoms with Gasteiger partial charge in [0, 0.05) is 12.7 Å². The van der Waals surface area contributed by atoms with Gasteiger partial charge < -0.3 is 15.2 Å². The summed E-state index contributed by atoms with van der Waals surface area (Å²) in [5.74, 6) is 0.390. The second-order valence-corrected chi connectivity index (χ2v) is 4.61. The van der Waals surface area contributed by atoms with Crippen LogP contribution in [0.25, 0.3) is 11.3 Å². The third-order valence-electron chi connectivity index (χ3n) is 3.14. The van der Waals surface area contributed by atoms with Crippen molar-refractivity contribution in [1.29, 1.82) is 5.41 Å². The Morgan fingerprint density at radius 2 is 2.14 bits per heavy atom. The van der Waals surface area contributed by atoms with Crippen LogP contribution in [0.1, 0.15) is 5.56 Å². The minimum Gasteiger partial charge on any atom is -0.497 e. The zero-order valence-electron chi connectivity index (χ0n) is 12.5. The molecule has 0 saturated carbocycles. The molecule has 0 radical (unpaired) electrons. The van der Waals surface area contributed by atoms with Gasteiger partial charge in [0.25, 0.3) is 5.56 Å². The maximum absolute atomic E-state index is 12.2. The van der Waals surface area contributed by atoms with Crippen LogP contribution in [0.5, 0.6) is 5.75 Å². The Morgan fingerprint density at radius 3 is 2.77 bits per heavy atom. The topological polar surface area (TPSA) is 103 Å². The fourth-order valence-electron chi connectivity index (χ4n) is 1.99. The highest BCUT2D eigenvalue weighted by Crippen LogP contribution is 2.21. The molecular weight excluding hydrogens is 284 g/mol. The highest BCUT2D eigenvalue weighted by molar-refractivity contribution is 5.95. The van der Waals surface area contributed by atoms with Crippen LogP contribution < -0.4 is 16.0 Å². The molecule has 3 N–H and O–H groups in total.